The van der Waals surface area contributed by atoms with Crippen LogP contribution in [0.3, 0.4) is 0 Å². The van der Waals surface area contributed by atoms with E-state index < -0.39 is 0 Å². The maximum absolute atomic E-state index is 11.4. The van der Waals surface area contributed by atoms with Gasteiger partial charge in [-0.3, -0.25) is 4.79 Å². The molecule has 3 N–H and O–H groups in total. The molecule has 0 unspecified atom stereocenters. The minimum atomic E-state index is -0.187. The lowest BCUT2D eigenvalue weighted by atomic mass is 10.2. The van der Waals surface area contributed by atoms with Gasteiger partial charge in [-0.15, -0.1) is 0 Å². The second-order valence-electron chi connectivity index (χ2n) is 3.52. The highest BCUT2D eigenvalue weighted by Crippen LogP contribution is 2.11. The summed E-state index contributed by atoms with van der Waals surface area (Å²) in [5, 5.41) is 2.74. The summed E-state index contributed by atoms with van der Waals surface area (Å²) in [5.74, 6) is -0.187. The molecule has 1 aromatic rings. The lowest BCUT2D eigenvalue weighted by Crippen LogP contribution is -2.20. The molecule has 0 radical (unpaired) electrons. The van der Waals surface area contributed by atoms with Crippen molar-refractivity contribution in [3.63, 3.8) is 0 Å². The first-order valence-corrected chi connectivity index (χ1v) is 5.42. The van der Waals surface area contributed by atoms with Gasteiger partial charge in [0.25, 0.3) is 0 Å². The number of nitrogens with two attached hydrogens (primary N) is 1. The third-order valence-electron chi connectivity index (χ3n) is 2.02. The van der Waals surface area contributed by atoms with Crippen LogP contribution in [0.5, 0.6) is 0 Å². The molecule has 5 heteroatoms. The van der Waals surface area contributed by atoms with Gasteiger partial charge in [0, 0.05) is 19.3 Å². The van der Waals surface area contributed by atoms with E-state index in [0.29, 0.717) is 19.8 Å². The van der Waals surface area contributed by atoms with E-state index in [-0.39, 0.29) is 12.5 Å². The van der Waals surface area contributed by atoms with E-state index in [4.69, 9.17) is 15.2 Å². The Morgan fingerprint density at radius 3 is 3.00 bits per heavy atom. The smallest absolute Gasteiger partial charge is 0.250 e. The molecule has 5 nitrogen and oxygen atoms in total. The van der Waals surface area contributed by atoms with Crippen molar-refractivity contribution in [2.45, 2.75) is 6.61 Å². The van der Waals surface area contributed by atoms with E-state index in [1.54, 1.807) is 7.11 Å². The molecule has 1 rings (SSSR count). The Labute approximate surface area is 101 Å². The lowest BCUT2D eigenvalue weighted by Gasteiger charge is -2.07. The fourth-order valence-electron chi connectivity index (χ4n) is 1.35. The number of amides is 1. The van der Waals surface area contributed by atoms with Crippen LogP contribution in [-0.4, -0.2) is 32.8 Å². The highest BCUT2D eigenvalue weighted by atomic mass is 16.5. The van der Waals surface area contributed by atoms with Gasteiger partial charge in [-0.25, -0.2) is 0 Å². The fourth-order valence-corrected chi connectivity index (χ4v) is 1.35. The average molecular weight is 238 g/mol. The third-order valence-corrected chi connectivity index (χ3v) is 2.02. The molecule has 0 aliphatic rings. The zero-order valence-electron chi connectivity index (χ0n) is 9.94. The van der Waals surface area contributed by atoms with Crippen LogP contribution in [0.2, 0.25) is 0 Å². The van der Waals surface area contributed by atoms with E-state index in [0.717, 1.165) is 11.3 Å². The molecule has 0 saturated heterocycles. The van der Waals surface area contributed by atoms with Gasteiger partial charge in [-0.05, 0) is 17.7 Å². The van der Waals surface area contributed by atoms with E-state index in [1.165, 1.54) is 0 Å². The number of nitrogens with one attached hydrogen (secondary N) is 1. The summed E-state index contributed by atoms with van der Waals surface area (Å²) in [6.07, 6.45) is 0. The summed E-state index contributed by atoms with van der Waals surface area (Å²) in [5.41, 5.74) is 6.99. The van der Waals surface area contributed by atoms with Crippen LogP contribution in [-0.2, 0) is 20.9 Å². The summed E-state index contributed by atoms with van der Waals surface area (Å²) in [7, 11) is 1.63. The number of ether oxygens (including phenoxy) is 2. The molecule has 0 spiro atoms. The third kappa shape index (κ3) is 5.44. The predicted octanol–water partition coefficient (Wildman–Crippen LogP) is 0.747. The number of anilines is 1. The van der Waals surface area contributed by atoms with E-state index >= 15 is 0 Å². The van der Waals surface area contributed by atoms with Crippen LogP contribution in [0, 0.1) is 0 Å². The van der Waals surface area contributed by atoms with Gasteiger partial charge < -0.3 is 20.5 Å². The molecule has 0 bridgehead atoms. The standard InChI is InChI=1S/C12H18N2O3/c1-16-8-10-3-2-4-11(7-10)14-12(15)9-17-6-5-13/h2-4,7H,5-6,8-9,13H2,1H3,(H,14,15). The minimum Gasteiger partial charge on any atom is -0.380 e. The molecule has 0 aliphatic heterocycles. The monoisotopic (exact) mass is 238 g/mol. The summed E-state index contributed by atoms with van der Waals surface area (Å²) < 4.78 is 10.0. The largest absolute Gasteiger partial charge is 0.380 e. The summed E-state index contributed by atoms with van der Waals surface area (Å²) in [6.45, 7) is 1.34. The number of benzene rings is 1. The van der Waals surface area contributed by atoms with E-state index in [2.05, 4.69) is 5.32 Å². The van der Waals surface area contributed by atoms with Gasteiger partial charge in [0.05, 0.1) is 13.2 Å². The topological polar surface area (TPSA) is 73.6 Å². The Morgan fingerprint density at radius 1 is 1.47 bits per heavy atom. The zero-order chi connectivity index (χ0) is 12.5. The number of hydrogen-bond donors (Lipinski definition) is 2. The Balaban J connectivity index is 2.44. The SMILES string of the molecule is COCc1cccc(NC(=O)COCCN)c1. The molecular formula is C12H18N2O3. The van der Waals surface area contributed by atoms with Gasteiger partial charge in [-0.1, -0.05) is 12.1 Å². The van der Waals surface area contributed by atoms with Crippen molar-refractivity contribution < 1.29 is 14.3 Å². The van der Waals surface area contributed by atoms with Gasteiger partial charge in [-0.2, -0.15) is 0 Å². The quantitative estimate of drug-likeness (QED) is 0.687. The van der Waals surface area contributed by atoms with Gasteiger partial charge in [0.15, 0.2) is 0 Å². The van der Waals surface area contributed by atoms with Crippen LogP contribution in [0.4, 0.5) is 5.69 Å². The molecule has 1 aromatic carbocycles. The summed E-state index contributed by atoms with van der Waals surface area (Å²) >= 11 is 0. The zero-order valence-corrected chi connectivity index (χ0v) is 9.94. The molecule has 1 amide bonds. The molecule has 0 aliphatic carbocycles. The molecule has 0 atom stereocenters. The predicted molar refractivity (Wildman–Crippen MR) is 65.7 cm³/mol. The van der Waals surface area contributed by atoms with Gasteiger partial charge >= 0.3 is 0 Å². The Kier molecular flexibility index (Phi) is 6.24. The fraction of sp³-hybridized carbons (Fsp3) is 0.417. The number of rotatable bonds is 7. The van der Waals surface area contributed by atoms with Gasteiger partial charge in [0.1, 0.15) is 6.61 Å². The van der Waals surface area contributed by atoms with Crippen LogP contribution in [0.15, 0.2) is 24.3 Å². The van der Waals surface area contributed by atoms with Crippen LogP contribution >= 0.6 is 0 Å². The maximum Gasteiger partial charge on any atom is 0.250 e. The van der Waals surface area contributed by atoms with Gasteiger partial charge in [0.2, 0.25) is 5.91 Å². The van der Waals surface area contributed by atoms with Crippen molar-refractivity contribution >= 4 is 11.6 Å². The van der Waals surface area contributed by atoms with Crippen molar-refractivity contribution in [3.05, 3.63) is 29.8 Å². The second kappa shape index (κ2) is 7.78. The first-order valence-electron chi connectivity index (χ1n) is 5.42. The number of hydrogen-bond acceptors (Lipinski definition) is 4. The average Bonchev–Trinajstić information content (AvgIpc) is 2.30. The van der Waals surface area contributed by atoms with Crippen molar-refractivity contribution in [3.8, 4) is 0 Å². The summed E-state index contributed by atoms with van der Waals surface area (Å²) in [4.78, 5) is 11.4. The second-order valence-corrected chi connectivity index (χ2v) is 3.52. The number of methoxy groups -OCH3 is 1. The lowest BCUT2D eigenvalue weighted by molar-refractivity contribution is -0.120. The highest BCUT2D eigenvalue weighted by molar-refractivity contribution is 5.91. The first kappa shape index (κ1) is 13.6. The van der Waals surface area contributed by atoms with Crippen molar-refractivity contribution in [2.24, 2.45) is 5.73 Å². The van der Waals surface area contributed by atoms with E-state index in [1.807, 2.05) is 24.3 Å². The first-order chi connectivity index (χ1) is 8.26. The van der Waals surface area contributed by atoms with Crippen LogP contribution in [0.25, 0.3) is 0 Å². The molecular weight excluding hydrogens is 220 g/mol. The Bertz CT molecular complexity index is 355. The van der Waals surface area contributed by atoms with Crippen molar-refractivity contribution in [1.29, 1.82) is 0 Å². The molecule has 94 valence electrons. The van der Waals surface area contributed by atoms with Crippen molar-refractivity contribution in [2.75, 3.05) is 32.2 Å². The molecule has 17 heavy (non-hydrogen) atoms. The molecule has 0 fully saturated rings. The summed E-state index contributed by atoms with van der Waals surface area (Å²) in [6, 6.07) is 7.49. The molecule has 0 heterocycles. The maximum atomic E-state index is 11.4. The van der Waals surface area contributed by atoms with Crippen molar-refractivity contribution in [1.82, 2.24) is 0 Å². The number of carbonyl (C=O) groups excluding carboxylic acids is 1. The minimum absolute atomic E-state index is 0.0195. The number of carbonyl (C=O) groups is 1. The molecule has 0 saturated carbocycles. The highest BCUT2D eigenvalue weighted by Gasteiger charge is 2.02. The normalized spacial score (nSPS) is 10.2. The Hall–Kier alpha value is -1.43. The Morgan fingerprint density at radius 2 is 2.29 bits per heavy atom. The van der Waals surface area contributed by atoms with Crippen LogP contribution < -0.4 is 11.1 Å². The molecule has 0 aromatic heterocycles. The van der Waals surface area contributed by atoms with E-state index in [9.17, 15) is 4.79 Å². The van der Waals surface area contributed by atoms with Crippen LogP contribution in [0.1, 0.15) is 5.56 Å².